The molecule has 190 valence electrons. The Bertz CT molecular complexity index is 1360. The number of hydrogen-bond donors (Lipinski definition) is 1. The van der Waals surface area contributed by atoms with Gasteiger partial charge in [-0.05, 0) is 53.6 Å². The number of nitrogens with zero attached hydrogens (tertiary/aromatic N) is 2. The minimum atomic E-state index is -3.75. The van der Waals surface area contributed by atoms with Crippen molar-refractivity contribution in [1.29, 1.82) is 0 Å². The van der Waals surface area contributed by atoms with Crippen LogP contribution in [0.15, 0.2) is 66.7 Å². The smallest absolute Gasteiger partial charge is 0.245 e. The Hall–Kier alpha value is -2.36. The van der Waals surface area contributed by atoms with E-state index in [1.54, 1.807) is 29.2 Å². The first-order valence-corrected chi connectivity index (χ1v) is 14.0. The van der Waals surface area contributed by atoms with Crippen LogP contribution in [0.5, 0.6) is 0 Å². The summed E-state index contributed by atoms with van der Waals surface area (Å²) in [6, 6.07) is 16.2. The molecule has 0 spiro atoms. The highest BCUT2D eigenvalue weighted by Crippen LogP contribution is 2.37. The highest BCUT2D eigenvalue weighted by Gasteiger charge is 2.36. The van der Waals surface area contributed by atoms with E-state index < -0.39 is 27.8 Å². The molecule has 6 nitrogen and oxygen atoms in total. The summed E-state index contributed by atoms with van der Waals surface area (Å²) in [6.45, 7) is 0.989. The van der Waals surface area contributed by atoms with Crippen molar-refractivity contribution >= 4 is 56.4 Å². The van der Waals surface area contributed by atoms with Gasteiger partial charge in [-0.25, -0.2) is 12.8 Å². The van der Waals surface area contributed by atoms with Crippen molar-refractivity contribution in [3.63, 3.8) is 0 Å². The van der Waals surface area contributed by atoms with Crippen LogP contribution >= 0.6 is 34.8 Å². The highest BCUT2D eigenvalue weighted by atomic mass is 35.5. The summed E-state index contributed by atoms with van der Waals surface area (Å²) in [5, 5.41) is 1.56. The van der Waals surface area contributed by atoms with E-state index in [0.717, 1.165) is 17.5 Å². The maximum Gasteiger partial charge on any atom is 0.245 e. The molecule has 0 unspecified atom stereocenters. The monoisotopic (exact) mass is 569 g/mol. The minimum absolute atomic E-state index is 0.253. The molecule has 36 heavy (non-hydrogen) atoms. The van der Waals surface area contributed by atoms with Crippen LogP contribution in [-0.2, 0) is 14.8 Å². The summed E-state index contributed by atoms with van der Waals surface area (Å²) in [5.41, 5.74) is 2.01. The normalized spacial score (nSPS) is 17.2. The van der Waals surface area contributed by atoms with Crippen LogP contribution < -0.4 is 9.62 Å². The number of carbonyl (C=O) groups is 1. The van der Waals surface area contributed by atoms with E-state index in [-0.39, 0.29) is 12.6 Å². The molecule has 0 saturated carbocycles. The Kier molecular flexibility index (Phi) is 8.12. The second-order valence-corrected chi connectivity index (χ2v) is 11.6. The summed E-state index contributed by atoms with van der Waals surface area (Å²) in [6.07, 6.45) is 0.980. The van der Waals surface area contributed by atoms with Gasteiger partial charge in [0.2, 0.25) is 15.9 Å². The van der Waals surface area contributed by atoms with Crippen molar-refractivity contribution in [2.75, 3.05) is 30.8 Å². The molecular weight excluding hydrogens is 548 g/mol. The zero-order valence-electron chi connectivity index (χ0n) is 19.2. The minimum Gasteiger partial charge on any atom is -0.360 e. The van der Waals surface area contributed by atoms with E-state index in [2.05, 4.69) is 9.62 Å². The van der Waals surface area contributed by atoms with Crippen molar-refractivity contribution in [2.45, 2.75) is 12.1 Å². The zero-order valence-corrected chi connectivity index (χ0v) is 22.3. The van der Waals surface area contributed by atoms with E-state index in [9.17, 15) is 17.6 Å². The standard InChI is InChI=1S/C25H23Cl3FN3O3S/c1-36(34,35)30-24(17-4-9-20(29)10-5-17)25(33)31-12-13-32(22-11-8-19(27)14-21(22)28)23(15-31)16-2-6-18(26)7-3-16/h2-11,14,23-24,30H,12-13,15H2,1H3/t23-,24-/m0/s1. The number of rotatable bonds is 6. The molecule has 0 aromatic heterocycles. The fraction of sp³-hybridized carbons (Fsp3) is 0.240. The second-order valence-electron chi connectivity index (χ2n) is 8.52. The molecule has 1 amide bonds. The molecular formula is C25H23Cl3FN3O3S. The second kappa shape index (κ2) is 10.9. The lowest BCUT2D eigenvalue weighted by Crippen LogP contribution is -2.53. The summed E-state index contributed by atoms with van der Waals surface area (Å²) in [7, 11) is -3.75. The van der Waals surface area contributed by atoms with E-state index in [1.165, 1.54) is 24.3 Å². The van der Waals surface area contributed by atoms with Crippen LogP contribution in [0.2, 0.25) is 15.1 Å². The first kappa shape index (κ1) is 26.7. The Labute approximate surface area is 224 Å². The quantitative estimate of drug-likeness (QED) is 0.427. The Morgan fingerprint density at radius 3 is 2.22 bits per heavy atom. The number of amides is 1. The Morgan fingerprint density at radius 2 is 1.61 bits per heavy atom. The number of halogens is 4. The molecule has 4 rings (SSSR count). The molecule has 3 aromatic carbocycles. The lowest BCUT2D eigenvalue weighted by atomic mass is 9.99. The molecule has 1 aliphatic rings. The van der Waals surface area contributed by atoms with Crippen molar-refractivity contribution in [3.8, 4) is 0 Å². The summed E-state index contributed by atoms with van der Waals surface area (Å²) < 4.78 is 40.1. The number of piperazine rings is 1. The third kappa shape index (κ3) is 6.30. The number of nitrogens with one attached hydrogen (secondary N) is 1. The molecule has 1 fully saturated rings. The summed E-state index contributed by atoms with van der Waals surface area (Å²) >= 11 is 18.7. The Balaban J connectivity index is 1.69. The molecule has 1 aliphatic heterocycles. The predicted molar refractivity (Wildman–Crippen MR) is 142 cm³/mol. The maximum atomic E-state index is 13.7. The zero-order chi connectivity index (χ0) is 26.0. The van der Waals surface area contributed by atoms with Gasteiger partial charge in [-0.3, -0.25) is 4.79 Å². The molecule has 1 saturated heterocycles. The predicted octanol–water partition coefficient (Wildman–Crippen LogP) is 5.47. The molecule has 0 aliphatic carbocycles. The van der Waals surface area contributed by atoms with Crippen molar-refractivity contribution in [3.05, 3.63) is 98.7 Å². The van der Waals surface area contributed by atoms with E-state index in [1.807, 2.05) is 18.2 Å². The molecule has 0 bridgehead atoms. The first-order valence-electron chi connectivity index (χ1n) is 11.0. The maximum absolute atomic E-state index is 13.7. The third-order valence-electron chi connectivity index (χ3n) is 5.95. The molecule has 11 heteroatoms. The fourth-order valence-corrected chi connectivity index (χ4v) is 5.58. The van der Waals surface area contributed by atoms with Crippen molar-refractivity contribution in [1.82, 2.24) is 9.62 Å². The van der Waals surface area contributed by atoms with Gasteiger partial charge in [0.05, 0.1) is 23.0 Å². The topological polar surface area (TPSA) is 69.7 Å². The molecule has 3 aromatic rings. The van der Waals surface area contributed by atoms with Crippen LogP contribution in [0, 0.1) is 5.82 Å². The van der Waals surface area contributed by atoms with Gasteiger partial charge in [0.25, 0.3) is 0 Å². The lowest BCUT2D eigenvalue weighted by Gasteiger charge is -2.44. The highest BCUT2D eigenvalue weighted by molar-refractivity contribution is 7.88. The van der Waals surface area contributed by atoms with Crippen molar-refractivity contribution < 1.29 is 17.6 Å². The van der Waals surface area contributed by atoms with Crippen LogP contribution in [0.4, 0.5) is 10.1 Å². The van der Waals surface area contributed by atoms with Gasteiger partial charge < -0.3 is 9.80 Å². The molecule has 1 heterocycles. The lowest BCUT2D eigenvalue weighted by molar-refractivity contribution is -0.134. The number of hydrogen-bond acceptors (Lipinski definition) is 4. The average Bonchev–Trinajstić information content (AvgIpc) is 2.82. The van der Waals surface area contributed by atoms with Crippen LogP contribution in [0.1, 0.15) is 23.2 Å². The van der Waals surface area contributed by atoms with Gasteiger partial charge in [0.15, 0.2) is 0 Å². The fourth-order valence-electron chi connectivity index (χ4n) is 4.27. The molecule has 0 radical (unpaired) electrons. The average molecular weight is 571 g/mol. The van der Waals surface area contributed by atoms with Crippen LogP contribution in [0.3, 0.4) is 0 Å². The summed E-state index contributed by atoms with van der Waals surface area (Å²) in [5.74, 6) is -0.923. The van der Waals surface area contributed by atoms with Crippen LogP contribution in [-0.4, -0.2) is 45.1 Å². The van der Waals surface area contributed by atoms with Crippen molar-refractivity contribution in [2.24, 2.45) is 0 Å². The third-order valence-corrected chi connectivity index (χ3v) is 7.40. The molecule has 2 atom stereocenters. The Morgan fingerprint density at radius 1 is 0.972 bits per heavy atom. The SMILES string of the molecule is CS(=O)(=O)N[C@H](C(=O)N1CCN(c2ccc(Cl)cc2Cl)[C@H](c2ccc(Cl)cc2)C1)c1ccc(F)cc1. The van der Waals surface area contributed by atoms with E-state index in [0.29, 0.717) is 33.7 Å². The largest absolute Gasteiger partial charge is 0.360 e. The number of carbonyl (C=O) groups excluding carboxylic acids is 1. The summed E-state index contributed by atoms with van der Waals surface area (Å²) in [4.78, 5) is 17.4. The number of benzene rings is 3. The van der Waals surface area contributed by atoms with Gasteiger partial charge in [-0.2, -0.15) is 4.72 Å². The van der Waals surface area contributed by atoms with Gasteiger partial charge in [0, 0.05) is 29.7 Å². The number of sulfonamides is 1. The number of anilines is 1. The van der Waals surface area contributed by atoms with Gasteiger partial charge in [-0.1, -0.05) is 59.1 Å². The van der Waals surface area contributed by atoms with Gasteiger partial charge >= 0.3 is 0 Å². The van der Waals surface area contributed by atoms with E-state index in [4.69, 9.17) is 34.8 Å². The van der Waals surface area contributed by atoms with Gasteiger partial charge in [0.1, 0.15) is 11.9 Å². The first-order chi connectivity index (χ1) is 17.0. The molecule has 1 N–H and O–H groups in total. The van der Waals surface area contributed by atoms with E-state index >= 15 is 0 Å². The van der Waals surface area contributed by atoms with Crippen LogP contribution in [0.25, 0.3) is 0 Å². The van der Waals surface area contributed by atoms with Gasteiger partial charge in [-0.15, -0.1) is 0 Å².